The number of nitrogens with zero attached hydrogens (tertiary/aromatic N) is 2. The number of cyclic esters (lactones) is 1. The predicted molar refractivity (Wildman–Crippen MR) is 190 cm³/mol. The molecule has 2 aromatic heterocycles. The van der Waals surface area contributed by atoms with E-state index in [4.69, 9.17) is 27.7 Å². The molecule has 0 spiro atoms. The van der Waals surface area contributed by atoms with Crippen LogP contribution in [0.5, 0.6) is 5.75 Å². The summed E-state index contributed by atoms with van der Waals surface area (Å²) in [6, 6.07) is 7.82. The van der Waals surface area contributed by atoms with Gasteiger partial charge >= 0.3 is 13.8 Å². The van der Waals surface area contributed by atoms with Crippen LogP contribution in [-0.2, 0) is 52.8 Å². The Bertz CT molecular complexity index is 1800. The summed E-state index contributed by atoms with van der Waals surface area (Å²) in [5, 5.41) is 1.05. The second-order valence-electron chi connectivity index (χ2n) is 14.3. The molecule has 0 radical (unpaired) electrons. The van der Waals surface area contributed by atoms with Gasteiger partial charge in [0.2, 0.25) is 13.9 Å². The van der Waals surface area contributed by atoms with Crippen molar-refractivity contribution >= 4 is 33.0 Å². The molecule has 12 heteroatoms. The molecule has 0 bridgehead atoms. The molecular weight excluding hydrogens is 647 g/mol. The van der Waals surface area contributed by atoms with Gasteiger partial charge in [-0.25, -0.2) is 14.3 Å². The SMILES string of the molecule is CCCCOP(=O)(OCCCC)OC1(CC)C(=O)OCc2c1cc1n(c2=O)Cc2c-1nc1ccc(O[Si](C)(C)C(C)(C)C)cc1c2CC. The number of phosphoric acid groups is 1. The van der Waals surface area contributed by atoms with Crippen molar-refractivity contribution in [1.82, 2.24) is 9.55 Å². The van der Waals surface area contributed by atoms with Gasteiger partial charge in [0, 0.05) is 16.5 Å². The molecule has 0 aliphatic carbocycles. The lowest BCUT2D eigenvalue weighted by atomic mass is 9.86. The molecule has 0 fully saturated rings. The Kier molecular flexibility index (Phi) is 10.5. The van der Waals surface area contributed by atoms with Gasteiger partial charge < -0.3 is 13.7 Å². The molecule has 0 saturated carbocycles. The Labute approximate surface area is 285 Å². The minimum Gasteiger partial charge on any atom is -0.543 e. The number of carbonyl (C=O) groups excluding carboxylic acids is 1. The van der Waals surface area contributed by atoms with E-state index in [9.17, 15) is 14.2 Å². The molecule has 2 aliphatic rings. The van der Waals surface area contributed by atoms with Crippen LogP contribution in [0.3, 0.4) is 0 Å². The second-order valence-corrected chi connectivity index (χ2v) is 20.6. The van der Waals surface area contributed by atoms with Crippen molar-refractivity contribution in [2.75, 3.05) is 13.2 Å². The first-order valence-electron chi connectivity index (χ1n) is 17.3. The highest BCUT2D eigenvalue weighted by Gasteiger charge is 2.53. The monoisotopic (exact) mass is 698 g/mol. The maximum Gasteiger partial charge on any atom is 0.476 e. The zero-order valence-corrected chi connectivity index (χ0v) is 31.9. The zero-order chi connectivity index (χ0) is 35.1. The third kappa shape index (κ3) is 6.56. The van der Waals surface area contributed by atoms with E-state index >= 15 is 0 Å². The van der Waals surface area contributed by atoms with Crippen LogP contribution in [0, 0.1) is 0 Å². The van der Waals surface area contributed by atoms with Crippen LogP contribution in [-0.4, -0.2) is 37.1 Å². The Hall–Kier alpha value is -2.82. The number of benzene rings is 1. The Morgan fingerprint density at radius 3 is 2.25 bits per heavy atom. The minimum absolute atomic E-state index is 0.0488. The number of unbranched alkanes of at least 4 members (excludes halogenated alkanes) is 2. The Morgan fingerprint density at radius 2 is 1.67 bits per heavy atom. The number of rotatable bonds is 14. The van der Waals surface area contributed by atoms with Crippen molar-refractivity contribution in [2.45, 2.75) is 124 Å². The van der Waals surface area contributed by atoms with E-state index in [0.717, 1.165) is 47.0 Å². The van der Waals surface area contributed by atoms with Crippen molar-refractivity contribution in [3.63, 3.8) is 0 Å². The van der Waals surface area contributed by atoms with Crippen molar-refractivity contribution in [2.24, 2.45) is 0 Å². The van der Waals surface area contributed by atoms with Crippen LogP contribution >= 0.6 is 7.82 Å². The number of phosphoric ester groups is 1. The molecule has 262 valence electrons. The molecule has 1 atom stereocenters. The summed E-state index contributed by atoms with van der Waals surface area (Å²) < 4.78 is 45.6. The van der Waals surface area contributed by atoms with Crippen molar-refractivity contribution in [3.05, 3.63) is 56.9 Å². The summed E-state index contributed by atoms with van der Waals surface area (Å²) in [6.45, 7) is 19.3. The molecule has 3 aromatic rings. The lowest BCUT2D eigenvalue weighted by molar-refractivity contribution is -0.171. The van der Waals surface area contributed by atoms with Gasteiger partial charge in [0.1, 0.15) is 12.4 Å². The second kappa shape index (κ2) is 13.8. The van der Waals surface area contributed by atoms with Gasteiger partial charge in [0.25, 0.3) is 5.56 Å². The topological polar surface area (TPSA) is 115 Å². The largest absolute Gasteiger partial charge is 0.543 e. The zero-order valence-electron chi connectivity index (χ0n) is 30.0. The Morgan fingerprint density at radius 1 is 1.00 bits per heavy atom. The highest BCUT2D eigenvalue weighted by atomic mass is 31.2. The fourth-order valence-electron chi connectivity index (χ4n) is 6.12. The molecule has 2 aliphatic heterocycles. The first kappa shape index (κ1) is 36.5. The number of carbonyl (C=O) groups is 1. The lowest BCUT2D eigenvalue weighted by Crippen LogP contribution is -2.46. The van der Waals surface area contributed by atoms with Crippen LogP contribution in [0.1, 0.15) is 103 Å². The molecule has 48 heavy (non-hydrogen) atoms. The van der Waals surface area contributed by atoms with Crippen LogP contribution in [0.25, 0.3) is 22.3 Å². The summed E-state index contributed by atoms with van der Waals surface area (Å²) in [6.07, 6.45) is 3.68. The van der Waals surface area contributed by atoms with Crippen LogP contribution < -0.4 is 9.99 Å². The summed E-state index contributed by atoms with van der Waals surface area (Å²) in [4.78, 5) is 33.0. The van der Waals surface area contributed by atoms with E-state index < -0.39 is 27.7 Å². The molecule has 0 N–H and O–H groups in total. The Balaban J connectivity index is 1.63. The van der Waals surface area contributed by atoms with Gasteiger partial charge in [-0.1, -0.05) is 61.3 Å². The number of ether oxygens (including phenoxy) is 1. The molecule has 0 saturated heterocycles. The van der Waals surface area contributed by atoms with Crippen LogP contribution in [0.4, 0.5) is 0 Å². The fraction of sp³-hybridized carbons (Fsp3) is 0.583. The number of aromatic nitrogens is 2. The molecule has 1 unspecified atom stereocenters. The van der Waals surface area contributed by atoms with Gasteiger partial charge in [-0.05, 0) is 73.6 Å². The van der Waals surface area contributed by atoms with E-state index in [-0.39, 0.29) is 42.4 Å². The first-order valence-corrected chi connectivity index (χ1v) is 21.7. The third-order valence-corrected chi connectivity index (χ3v) is 15.9. The number of pyridine rings is 2. The average Bonchev–Trinajstić information content (AvgIpc) is 3.39. The number of hydrogen-bond acceptors (Lipinski definition) is 9. The molecule has 1 aromatic carbocycles. The van der Waals surface area contributed by atoms with Crippen molar-refractivity contribution in [1.29, 1.82) is 0 Å². The van der Waals surface area contributed by atoms with Gasteiger partial charge in [-0.3, -0.25) is 18.4 Å². The average molecular weight is 699 g/mol. The van der Waals surface area contributed by atoms with Gasteiger partial charge in [-0.15, -0.1) is 0 Å². The summed E-state index contributed by atoms with van der Waals surface area (Å²) in [7, 11) is -6.30. The highest BCUT2D eigenvalue weighted by molar-refractivity contribution is 7.48. The van der Waals surface area contributed by atoms with E-state index in [1.54, 1.807) is 17.6 Å². The number of aryl methyl sites for hydroxylation is 1. The van der Waals surface area contributed by atoms with Gasteiger partial charge in [-0.2, -0.15) is 0 Å². The summed E-state index contributed by atoms with van der Waals surface area (Å²) in [5.41, 5.74) is 2.56. The lowest BCUT2D eigenvalue weighted by Gasteiger charge is -2.37. The standard InChI is InChI=1S/C36H51N2O8PSi/c1-10-14-18-43-47(41,44-19-15-11-2)46-36(13-4)29-21-31-32-27(22-38(31)33(39)28(29)23-42-34(36)40)25(12-3)26-20-24(16-17-30(26)37-32)45-48(8,9)35(5,6)7/h16-17,20-21H,10-15,18-19,22-23H2,1-9H3. The van der Waals surface area contributed by atoms with Crippen molar-refractivity contribution in [3.8, 4) is 17.1 Å². The quantitative estimate of drug-likeness (QED) is 0.0552. The highest BCUT2D eigenvalue weighted by Crippen LogP contribution is 2.57. The van der Waals surface area contributed by atoms with Crippen LogP contribution in [0.2, 0.25) is 18.1 Å². The molecule has 0 amide bonds. The number of esters is 1. The first-order chi connectivity index (χ1) is 22.6. The van der Waals surface area contributed by atoms with E-state index in [2.05, 4.69) is 46.9 Å². The minimum atomic E-state index is -4.23. The molecule has 4 heterocycles. The maximum atomic E-state index is 14.2. The van der Waals surface area contributed by atoms with E-state index in [0.29, 0.717) is 36.3 Å². The maximum absolute atomic E-state index is 14.2. The van der Waals surface area contributed by atoms with Crippen LogP contribution in [0.15, 0.2) is 29.1 Å². The number of hydrogen-bond donors (Lipinski definition) is 0. The van der Waals surface area contributed by atoms with Gasteiger partial charge in [0.05, 0.1) is 42.2 Å². The predicted octanol–water partition coefficient (Wildman–Crippen LogP) is 8.79. The summed E-state index contributed by atoms with van der Waals surface area (Å²) in [5.74, 6) is 0.0921. The van der Waals surface area contributed by atoms with Crippen molar-refractivity contribution < 1.29 is 32.1 Å². The van der Waals surface area contributed by atoms with Gasteiger partial charge in [0.15, 0.2) is 0 Å². The smallest absolute Gasteiger partial charge is 0.476 e. The van der Waals surface area contributed by atoms with E-state index in [1.807, 2.05) is 26.0 Å². The summed E-state index contributed by atoms with van der Waals surface area (Å²) >= 11 is 0. The normalized spacial score (nSPS) is 17.6. The fourth-order valence-corrected chi connectivity index (χ4v) is 8.71. The third-order valence-electron chi connectivity index (χ3n) is 10.0. The van der Waals surface area contributed by atoms with E-state index in [1.165, 1.54) is 0 Å². The molecule has 10 nitrogen and oxygen atoms in total. The molecular formula is C36H51N2O8PSi. The number of fused-ring (bicyclic) bond motifs is 5. The molecule has 5 rings (SSSR count).